The molecule has 7 heteroatoms. The average molecular weight is 371 g/mol. The smallest absolute Gasteiger partial charge is 0.348 e. The second kappa shape index (κ2) is 7.82. The SMILES string of the molecule is CCC(C)NC(=O)N1CCC(Oc2ccc3ncccc3c2)(C(=O)O)CC1. The molecule has 1 aliphatic heterocycles. The van der Waals surface area contributed by atoms with Crippen molar-refractivity contribution in [3.63, 3.8) is 0 Å². The summed E-state index contributed by atoms with van der Waals surface area (Å²) >= 11 is 0. The van der Waals surface area contributed by atoms with Gasteiger partial charge in [0.25, 0.3) is 0 Å². The van der Waals surface area contributed by atoms with E-state index in [2.05, 4.69) is 10.3 Å². The van der Waals surface area contributed by atoms with E-state index in [-0.39, 0.29) is 24.9 Å². The van der Waals surface area contributed by atoms with Gasteiger partial charge in [-0.15, -0.1) is 0 Å². The molecule has 7 nitrogen and oxygen atoms in total. The maximum Gasteiger partial charge on any atom is 0.348 e. The lowest BCUT2D eigenvalue weighted by Crippen LogP contribution is -2.56. The summed E-state index contributed by atoms with van der Waals surface area (Å²) in [6.07, 6.45) is 3.03. The molecule has 1 aromatic heterocycles. The topological polar surface area (TPSA) is 91.8 Å². The summed E-state index contributed by atoms with van der Waals surface area (Å²) in [5.74, 6) is -0.508. The molecule has 0 bridgehead atoms. The number of hydrogen-bond donors (Lipinski definition) is 2. The maximum atomic E-state index is 12.3. The summed E-state index contributed by atoms with van der Waals surface area (Å²) in [4.78, 5) is 30.2. The Labute approximate surface area is 158 Å². The molecule has 0 aliphatic carbocycles. The Morgan fingerprint density at radius 1 is 1.33 bits per heavy atom. The highest BCUT2D eigenvalue weighted by atomic mass is 16.5. The Kier molecular flexibility index (Phi) is 5.48. The number of pyridine rings is 1. The molecule has 0 spiro atoms. The molecule has 3 rings (SSSR count). The summed E-state index contributed by atoms with van der Waals surface area (Å²) in [7, 11) is 0. The van der Waals surface area contributed by atoms with Crippen molar-refractivity contribution < 1.29 is 19.4 Å². The number of likely N-dealkylation sites (tertiary alicyclic amines) is 1. The number of ether oxygens (including phenoxy) is 1. The minimum atomic E-state index is -1.33. The number of rotatable bonds is 5. The zero-order valence-corrected chi connectivity index (χ0v) is 15.6. The van der Waals surface area contributed by atoms with Gasteiger partial charge in [-0.25, -0.2) is 9.59 Å². The number of hydrogen-bond acceptors (Lipinski definition) is 4. The van der Waals surface area contributed by atoms with Crippen molar-refractivity contribution >= 4 is 22.9 Å². The average Bonchev–Trinajstić information content (AvgIpc) is 2.68. The number of amides is 2. The van der Waals surface area contributed by atoms with Crippen molar-refractivity contribution in [2.75, 3.05) is 13.1 Å². The van der Waals surface area contributed by atoms with Crippen molar-refractivity contribution in [2.45, 2.75) is 44.8 Å². The Hall–Kier alpha value is -2.83. The van der Waals surface area contributed by atoms with E-state index in [9.17, 15) is 14.7 Å². The van der Waals surface area contributed by atoms with Gasteiger partial charge in [-0.3, -0.25) is 4.98 Å². The predicted molar refractivity (Wildman–Crippen MR) is 102 cm³/mol. The number of aliphatic carboxylic acids is 1. The molecule has 0 saturated carbocycles. The fraction of sp³-hybridized carbons (Fsp3) is 0.450. The van der Waals surface area contributed by atoms with E-state index in [0.717, 1.165) is 17.3 Å². The summed E-state index contributed by atoms with van der Waals surface area (Å²) in [5, 5.41) is 13.6. The van der Waals surface area contributed by atoms with Crippen LogP contribution in [-0.4, -0.2) is 51.7 Å². The van der Waals surface area contributed by atoms with Gasteiger partial charge in [0.05, 0.1) is 5.52 Å². The number of carbonyl (C=O) groups excluding carboxylic acids is 1. The molecule has 0 radical (unpaired) electrons. The minimum Gasteiger partial charge on any atom is -0.478 e. The highest BCUT2D eigenvalue weighted by Crippen LogP contribution is 2.31. The lowest BCUT2D eigenvalue weighted by molar-refractivity contribution is -0.159. The van der Waals surface area contributed by atoms with E-state index < -0.39 is 11.6 Å². The van der Waals surface area contributed by atoms with E-state index in [1.807, 2.05) is 32.0 Å². The first-order valence-electron chi connectivity index (χ1n) is 9.26. The quantitative estimate of drug-likeness (QED) is 0.843. The molecule has 144 valence electrons. The fourth-order valence-corrected chi connectivity index (χ4v) is 3.18. The Bertz CT molecular complexity index is 831. The van der Waals surface area contributed by atoms with Crippen LogP contribution < -0.4 is 10.1 Å². The number of carboxylic acid groups (broad SMARTS) is 1. The van der Waals surface area contributed by atoms with Crippen LogP contribution in [0.15, 0.2) is 36.5 Å². The van der Waals surface area contributed by atoms with Gasteiger partial charge in [-0.05, 0) is 37.6 Å². The van der Waals surface area contributed by atoms with Gasteiger partial charge in [0.15, 0.2) is 0 Å². The molecule has 2 N–H and O–H groups in total. The second-order valence-electron chi connectivity index (χ2n) is 7.01. The molecular weight excluding hydrogens is 346 g/mol. The second-order valence-corrected chi connectivity index (χ2v) is 7.01. The Morgan fingerprint density at radius 2 is 2.07 bits per heavy atom. The van der Waals surface area contributed by atoms with Gasteiger partial charge in [-0.1, -0.05) is 13.0 Å². The number of fused-ring (bicyclic) bond motifs is 1. The third kappa shape index (κ3) is 4.13. The van der Waals surface area contributed by atoms with Crippen LogP contribution in [-0.2, 0) is 4.79 Å². The molecule has 27 heavy (non-hydrogen) atoms. The first kappa shape index (κ1) is 18.9. The van der Waals surface area contributed by atoms with E-state index in [1.165, 1.54) is 0 Å². The van der Waals surface area contributed by atoms with Crippen LogP contribution in [0.2, 0.25) is 0 Å². The van der Waals surface area contributed by atoms with Gasteiger partial charge in [-0.2, -0.15) is 0 Å². The van der Waals surface area contributed by atoms with Crippen LogP contribution in [0.3, 0.4) is 0 Å². The lowest BCUT2D eigenvalue weighted by Gasteiger charge is -2.39. The number of aromatic nitrogens is 1. The van der Waals surface area contributed by atoms with Crippen LogP contribution in [0.25, 0.3) is 10.9 Å². The molecule has 1 atom stereocenters. The van der Waals surface area contributed by atoms with Gasteiger partial charge >= 0.3 is 12.0 Å². The summed E-state index contributed by atoms with van der Waals surface area (Å²) in [5.41, 5.74) is -0.506. The van der Waals surface area contributed by atoms with Crippen LogP contribution in [0.5, 0.6) is 5.75 Å². The number of carboxylic acids is 1. The molecular formula is C20H25N3O4. The highest BCUT2D eigenvalue weighted by Gasteiger charge is 2.45. The molecule has 1 aromatic carbocycles. The Morgan fingerprint density at radius 3 is 2.74 bits per heavy atom. The molecule has 2 amide bonds. The van der Waals surface area contributed by atoms with Crippen LogP contribution in [0, 0.1) is 0 Å². The molecule has 2 heterocycles. The van der Waals surface area contributed by atoms with Crippen molar-refractivity contribution in [1.29, 1.82) is 0 Å². The number of piperidine rings is 1. The molecule has 1 fully saturated rings. The predicted octanol–water partition coefficient (Wildman–Crippen LogP) is 3.04. The first-order valence-corrected chi connectivity index (χ1v) is 9.26. The van der Waals surface area contributed by atoms with E-state index in [4.69, 9.17) is 4.74 Å². The van der Waals surface area contributed by atoms with Crippen molar-refractivity contribution in [2.24, 2.45) is 0 Å². The number of urea groups is 1. The highest BCUT2D eigenvalue weighted by molar-refractivity contribution is 5.82. The van der Waals surface area contributed by atoms with Crippen LogP contribution in [0.4, 0.5) is 4.79 Å². The number of nitrogens with one attached hydrogen (secondary N) is 1. The summed E-state index contributed by atoms with van der Waals surface area (Å²) < 4.78 is 5.96. The monoisotopic (exact) mass is 371 g/mol. The largest absolute Gasteiger partial charge is 0.478 e. The number of nitrogens with zero attached hydrogens (tertiary/aromatic N) is 2. The van der Waals surface area contributed by atoms with Crippen LogP contribution >= 0.6 is 0 Å². The van der Waals surface area contributed by atoms with Gasteiger partial charge in [0.1, 0.15) is 5.75 Å². The van der Waals surface area contributed by atoms with Crippen LogP contribution in [0.1, 0.15) is 33.1 Å². The molecule has 1 aliphatic rings. The summed E-state index contributed by atoms with van der Waals surface area (Å²) in [6, 6.07) is 9.02. The van der Waals surface area contributed by atoms with E-state index >= 15 is 0 Å². The van der Waals surface area contributed by atoms with Crippen molar-refractivity contribution in [3.8, 4) is 5.75 Å². The minimum absolute atomic E-state index is 0.0890. The maximum absolute atomic E-state index is 12.3. The summed E-state index contributed by atoms with van der Waals surface area (Å²) in [6.45, 7) is 4.62. The normalized spacial score (nSPS) is 17.3. The van der Waals surface area contributed by atoms with E-state index in [1.54, 1.807) is 23.2 Å². The van der Waals surface area contributed by atoms with Gasteiger partial charge < -0.3 is 20.1 Å². The Balaban J connectivity index is 1.72. The molecule has 1 saturated heterocycles. The third-order valence-corrected chi connectivity index (χ3v) is 5.12. The lowest BCUT2D eigenvalue weighted by atomic mass is 9.91. The fourth-order valence-electron chi connectivity index (χ4n) is 3.18. The standard InChI is InChI=1S/C20H25N3O4/c1-3-14(2)22-19(26)23-11-8-20(9-12-23,18(24)25)27-16-6-7-17-15(13-16)5-4-10-21-17/h4-7,10,13-14H,3,8-9,11-12H2,1-2H3,(H,22,26)(H,24,25). The molecule has 1 unspecified atom stereocenters. The zero-order valence-electron chi connectivity index (χ0n) is 15.6. The van der Waals surface area contributed by atoms with Gasteiger partial charge in [0.2, 0.25) is 5.60 Å². The third-order valence-electron chi connectivity index (χ3n) is 5.12. The van der Waals surface area contributed by atoms with E-state index in [0.29, 0.717) is 18.8 Å². The van der Waals surface area contributed by atoms with Gasteiger partial charge in [0, 0.05) is 43.6 Å². The molecule has 2 aromatic rings. The van der Waals surface area contributed by atoms with Crippen molar-refractivity contribution in [3.05, 3.63) is 36.5 Å². The number of carbonyl (C=O) groups is 2. The first-order chi connectivity index (χ1) is 12.9. The number of benzene rings is 1. The zero-order chi connectivity index (χ0) is 19.4. The van der Waals surface area contributed by atoms with Crippen molar-refractivity contribution in [1.82, 2.24) is 15.2 Å².